The highest BCUT2D eigenvalue weighted by Gasteiger charge is 2.08. The number of nitrogens with zero attached hydrogens (tertiary/aromatic N) is 4. The molecule has 2 N–H and O–H groups in total. The second kappa shape index (κ2) is 10.7. The van der Waals surface area contributed by atoms with Crippen molar-refractivity contribution in [1.82, 2.24) is 25.4 Å². The molecule has 1 aromatic heterocycles. The fourth-order valence-electron chi connectivity index (χ4n) is 2.61. The van der Waals surface area contributed by atoms with Crippen LogP contribution in [0.2, 0.25) is 0 Å². The van der Waals surface area contributed by atoms with E-state index in [1.165, 1.54) is 5.56 Å². The van der Waals surface area contributed by atoms with Crippen molar-refractivity contribution in [3.05, 3.63) is 41.0 Å². The molecule has 0 spiro atoms. The summed E-state index contributed by atoms with van der Waals surface area (Å²) in [5, 5.41) is 14.9. The summed E-state index contributed by atoms with van der Waals surface area (Å²) in [7, 11) is 1.96. The van der Waals surface area contributed by atoms with E-state index < -0.39 is 0 Å². The van der Waals surface area contributed by atoms with Crippen molar-refractivity contribution in [2.45, 2.75) is 54.1 Å². The molecule has 7 nitrogen and oxygen atoms in total. The maximum atomic E-state index is 6.04. The predicted molar refractivity (Wildman–Crippen MR) is 114 cm³/mol. The zero-order valence-corrected chi connectivity index (χ0v) is 18.0. The van der Waals surface area contributed by atoms with Crippen LogP contribution in [-0.2, 0) is 20.1 Å². The monoisotopic (exact) mass is 386 g/mol. The molecular weight excluding hydrogens is 352 g/mol. The van der Waals surface area contributed by atoms with Crippen molar-refractivity contribution in [1.29, 1.82) is 0 Å². The molecule has 0 atom stereocenters. The van der Waals surface area contributed by atoms with Gasteiger partial charge < -0.3 is 19.9 Å². The Labute approximate surface area is 168 Å². The van der Waals surface area contributed by atoms with Gasteiger partial charge in [0.2, 0.25) is 0 Å². The third-order valence-electron chi connectivity index (χ3n) is 4.52. The van der Waals surface area contributed by atoms with E-state index in [-0.39, 0.29) is 0 Å². The third kappa shape index (κ3) is 6.55. The summed E-state index contributed by atoms with van der Waals surface area (Å²) in [4.78, 5) is 4.73. The van der Waals surface area contributed by atoms with Gasteiger partial charge in [0.05, 0.1) is 19.7 Å². The van der Waals surface area contributed by atoms with Gasteiger partial charge in [0.1, 0.15) is 11.6 Å². The van der Waals surface area contributed by atoms with E-state index in [0.29, 0.717) is 19.0 Å². The van der Waals surface area contributed by atoms with Crippen LogP contribution < -0.4 is 15.4 Å². The van der Waals surface area contributed by atoms with Gasteiger partial charge >= 0.3 is 0 Å². The fourth-order valence-corrected chi connectivity index (χ4v) is 2.61. The van der Waals surface area contributed by atoms with Crippen LogP contribution in [0.3, 0.4) is 0 Å². The molecule has 0 unspecified atom stereocenters. The molecule has 0 fully saturated rings. The van der Waals surface area contributed by atoms with Crippen molar-refractivity contribution < 1.29 is 4.74 Å². The Bertz CT molecular complexity index is 781. The van der Waals surface area contributed by atoms with Crippen LogP contribution in [0.1, 0.15) is 50.0 Å². The highest BCUT2D eigenvalue weighted by Crippen LogP contribution is 2.22. The summed E-state index contributed by atoms with van der Waals surface area (Å²) in [6, 6.07) is 6.29. The molecule has 0 aliphatic heterocycles. The van der Waals surface area contributed by atoms with Gasteiger partial charge in [-0.1, -0.05) is 26.0 Å². The number of hydrogen-bond donors (Lipinski definition) is 2. The summed E-state index contributed by atoms with van der Waals surface area (Å²) in [5.41, 5.74) is 2.27. The number of guanidine groups is 1. The Hall–Kier alpha value is -2.57. The smallest absolute Gasteiger partial charge is 0.191 e. The average Bonchev–Trinajstić information content (AvgIpc) is 2.97. The molecule has 154 valence electrons. The third-order valence-corrected chi connectivity index (χ3v) is 4.52. The Kier molecular flexibility index (Phi) is 8.29. The van der Waals surface area contributed by atoms with Crippen LogP contribution in [0.5, 0.6) is 5.75 Å². The minimum Gasteiger partial charge on any atom is -0.493 e. The molecule has 0 saturated carbocycles. The first-order valence-electron chi connectivity index (χ1n) is 10.00. The normalized spacial score (nSPS) is 11.8. The molecular formula is C21H34N6O. The van der Waals surface area contributed by atoms with E-state index in [9.17, 15) is 0 Å². The topological polar surface area (TPSA) is 76.4 Å². The number of aryl methyl sites for hydroxylation is 2. The first-order chi connectivity index (χ1) is 13.4. The van der Waals surface area contributed by atoms with Crippen LogP contribution in [0, 0.1) is 19.8 Å². The molecule has 28 heavy (non-hydrogen) atoms. The predicted octanol–water partition coefficient (Wildman–Crippen LogP) is 3.11. The lowest BCUT2D eigenvalue weighted by atomic mass is 10.1. The maximum absolute atomic E-state index is 6.04. The highest BCUT2D eigenvalue weighted by molar-refractivity contribution is 5.79. The quantitative estimate of drug-likeness (QED) is 0.511. The van der Waals surface area contributed by atoms with Gasteiger partial charge in [-0.2, -0.15) is 0 Å². The van der Waals surface area contributed by atoms with Gasteiger partial charge in [-0.3, -0.25) is 0 Å². The standard InChI is InChI=1S/C21H34N6O/c1-7-22-21(24-14-20-26-25-17(5)27(20)6)23-13-18-9-8-16(4)12-19(18)28-11-10-15(2)3/h8-9,12,15H,7,10-11,13-14H2,1-6H3,(H2,22,23,24). The van der Waals surface area contributed by atoms with Crippen molar-refractivity contribution in [2.24, 2.45) is 18.0 Å². The van der Waals surface area contributed by atoms with Gasteiger partial charge in [0.25, 0.3) is 0 Å². The number of rotatable bonds is 9. The van der Waals surface area contributed by atoms with Crippen molar-refractivity contribution in [3.8, 4) is 5.75 Å². The highest BCUT2D eigenvalue weighted by atomic mass is 16.5. The minimum atomic E-state index is 0.546. The molecule has 0 saturated heterocycles. The Morgan fingerprint density at radius 2 is 2.00 bits per heavy atom. The van der Waals surface area contributed by atoms with E-state index in [1.807, 2.05) is 18.5 Å². The number of aromatic nitrogens is 3. The Balaban J connectivity index is 2.05. The van der Waals surface area contributed by atoms with Crippen molar-refractivity contribution in [3.63, 3.8) is 0 Å². The Morgan fingerprint density at radius 1 is 1.21 bits per heavy atom. The summed E-state index contributed by atoms with van der Waals surface area (Å²) < 4.78 is 8.01. The van der Waals surface area contributed by atoms with Crippen molar-refractivity contribution >= 4 is 5.96 Å². The Morgan fingerprint density at radius 3 is 2.64 bits per heavy atom. The summed E-state index contributed by atoms with van der Waals surface area (Å²) >= 11 is 0. The second-order valence-electron chi connectivity index (χ2n) is 7.41. The van der Waals surface area contributed by atoms with Crippen LogP contribution in [0.25, 0.3) is 0 Å². The molecule has 2 aromatic rings. The van der Waals surface area contributed by atoms with Crippen LogP contribution >= 0.6 is 0 Å². The van der Waals surface area contributed by atoms with E-state index in [2.05, 4.69) is 66.7 Å². The van der Waals surface area contributed by atoms with Crippen LogP contribution in [-0.4, -0.2) is 33.9 Å². The molecule has 0 aliphatic rings. The van der Waals surface area contributed by atoms with E-state index >= 15 is 0 Å². The zero-order valence-electron chi connectivity index (χ0n) is 18.0. The molecule has 0 radical (unpaired) electrons. The van der Waals surface area contributed by atoms with E-state index in [0.717, 1.165) is 48.5 Å². The number of benzene rings is 1. The van der Waals surface area contributed by atoms with Gasteiger partial charge in [0, 0.05) is 19.2 Å². The molecule has 7 heteroatoms. The zero-order chi connectivity index (χ0) is 20.5. The van der Waals surface area contributed by atoms with Gasteiger partial charge in [-0.15, -0.1) is 10.2 Å². The number of aliphatic imine (C=N–C) groups is 1. The second-order valence-corrected chi connectivity index (χ2v) is 7.41. The largest absolute Gasteiger partial charge is 0.493 e. The molecule has 0 bridgehead atoms. The van der Waals surface area contributed by atoms with Crippen LogP contribution in [0.4, 0.5) is 0 Å². The van der Waals surface area contributed by atoms with Crippen LogP contribution in [0.15, 0.2) is 23.2 Å². The van der Waals surface area contributed by atoms with Gasteiger partial charge in [-0.25, -0.2) is 4.99 Å². The maximum Gasteiger partial charge on any atom is 0.191 e. The molecule has 1 heterocycles. The molecule has 2 rings (SSSR count). The van der Waals surface area contributed by atoms with Gasteiger partial charge in [0.15, 0.2) is 11.8 Å². The lowest BCUT2D eigenvalue weighted by molar-refractivity contribution is 0.287. The van der Waals surface area contributed by atoms with E-state index in [1.54, 1.807) is 0 Å². The van der Waals surface area contributed by atoms with Gasteiger partial charge in [-0.05, 0) is 44.7 Å². The molecule has 1 aromatic carbocycles. The summed E-state index contributed by atoms with van der Waals surface area (Å²) in [5.74, 6) is 4.05. The number of hydrogen-bond acceptors (Lipinski definition) is 4. The minimum absolute atomic E-state index is 0.546. The summed E-state index contributed by atoms with van der Waals surface area (Å²) in [6.45, 7) is 13.1. The fraction of sp³-hybridized carbons (Fsp3) is 0.571. The average molecular weight is 387 g/mol. The summed E-state index contributed by atoms with van der Waals surface area (Å²) in [6.07, 6.45) is 1.04. The lowest BCUT2D eigenvalue weighted by Gasteiger charge is -2.14. The molecule has 0 aliphatic carbocycles. The van der Waals surface area contributed by atoms with Crippen molar-refractivity contribution in [2.75, 3.05) is 13.2 Å². The first kappa shape index (κ1) is 21.7. The lowest BCUT2D eigenvalue weighted by Crippen LogP contribution is -2.37. The first-order valence-corrected chi connectivity index (χ1v) is 10.00. The van der Waals surface area contributed by atoms with E-state index in [4.69, 9.17) is 9.73 Å². The SMILES string of the molecule is CCNC(=NCc1ccc(C)cc1OCCC(C)C)NCc1nnc(C)n1C. The number of ether oxygens (including phenoxy) is 1. The number of nitrogens with one attached hydrogen (secondary N) is 2. The molecule has 0 amide bonds.